The van der Waals surface area contributed by atoms with Gasteiger partial charge in [-0.25, -0.2) is 26.3 Å². The van der Waals surface area contributed by atoms with E-state index >= 15 is 0 Å². The van der Waals surface area contributed by atoms with E-state index in [0.717, 1.165) is 6.54 Å². The molecular weight excluding hydrogens is 281 g/mol. The first kappa shape index (κ1) is 15.9. The van der Waals surface area contributed by atoms with E-state index in [9.17, 15) is 21.6 Å². The van der Waals surface area contributed by atoms with E-state index in [2.05, 4.69) is 4.72 Å². The third-order valence-corrected chi connectivity index (χ3v) is 4.09. The summed E-state index contributed by atoms with van der Waals surface area (Å²) >= 11 is 0. The molecule has 1 aromatic carbocycles. The maximum atomic E-state index is 13.4. The fraction of sp³-hybridized carbons (Fsp3) is 0.455. The molecule has 0 aliphatic carbocycles. The van der Waals surface area contributed by atoms with Crippen molar-refractivity contribution >= 4 is 10.0 Å². The van der Waals surface area contributed by atoms with Crippen molar-refractivity contribution in [2.45, 2.75) is 11.8 Å². The first-order chi connectivity index (χ1) is 8.79. The molecule has 0 spiro atoms. The van der Waals surface area contributed by atoms with Gasteiger partial charge >= 0.3 is 0 Å². The quantitative estimate of drug-likeness (QED) is 0.806. The van der Waals surface area contributed by atoms with Crippen molar-refractivity contribution < 1.29 is 21.6 Å². The van der Waals surface area contributed by atoms with E-state index in [1.54, 1.807) is 7.05 Å². The fourth-order valence-corrected chi connectivity index (χ4v) is 2.41. The summed E-state index contributed by atoms with van der Waals surface area (Å²) in [4.78, 5) is 0.940. The lowest BCUT2D eigenvalue weighted by Crippen LogP contribution is -2.33. The van der Waals surface area contributed by atoms with Crippen molar-refractivity contribution in [2.24, 2.45) is 0 Å². The summed E-state index contributed by atoms with van der Waals surface area (Å²) in [5, 5.41) is 0. The minimum atomic E-state index is -4.19. The van der Waals surface area contributed by atoms with Gasteiger partial charge in [0.25, 0.3) is 0 Å². The van der Waals surface area contributed by atoms with E-state index in [-0.39, 0.29) is 6.54 Å². The molecule has 0 saturated heterocycles. The Labute approximate surface area is 110 Å². The lowest BCUT2D eigenvalue weighted by Gasteiger charge is -2.14. The zero-order chi connectivity index (χ0) is 14.6. The van der Waals surface area contributed by atoms with Crippen molar-refractivity contribution in [3.05, 3.63) is 29.6 Å². The van der Waals surface area contributed by atoms with Crippen LogP contribution in [0.3, 0.4) is 0 Å². The molecule has 1 N–H and O–H groups in total. The van der Waals surface area contributed by atoms with Crippen LogP contribution in [0.4, 0.5) is 13.2 Å². The molecule has 0 aliphatic heterocycles. The second-order valence-corrected chi connectivity index (χ2v) is 5.70. The first-order valence-corrected chi connectivity index (χ1v) is 7.09. The van der Waals surface area contributed by atoms with E-state index in [0.29, 0.717) is 18.7 Å². The smallest absolute Gasteiger partial charge is 0.243 e. The van der Waals surface area contributed by atoms with Crippen LogP contribution < -0.4 is 4.72 Å². The van der Waals surface area contributed by atoms with Crippen LogP contribution in [-0.2, 0) is 10.0 Å². The van der Waals surface area contributed by atoms with Crippen molar-refractivity contribution in [1.29, 1.82) is 0 Å². The van der Waals surface area contributed by atoms with E-state index in [1.807, 2.05) is 11.8 Å². The number of benzene rings is 1. The molecule has 0 heterocycles. The maximum Gasteiger partial charge on any atom is 0.243 e. The Morgan fingerprint density at radius 3 is 2.42 bits per heavy atom. The average Bonchev–Trinajstić information content (AvgIpc) is 2.35. The van der Waals surface area contributed by atoms with Crippen LogP contribution in [-0.4, -0.2) is 40.0 Å². The van der Waals surface area contributed by atoms with E-state index in [1.165, 1.54) is 0 Å². The molecule has 0 atom stereocenters. The largest absolute Gasteiger partial charge is 0.305 e. The zero-order valence-electron chi connectivity index (χ0n) is 10.6. The third kappa shape index (κ3) is 3.92. The van der Waals surface area contributed by atoms with Crippen molar-refractivity contribution in [1.82, 2.24) is 9.62 Å². The van der Waals surface area contributed by atoms with Gasteiger partial charge in [0.15, 0.2) is 17.5 Å². The van der Waals surface area contributed by atoms with Crippen LogP contribution in [0.2, 0.25) is 0 Å². The van der Waals surface area contributed by atoms with Crippen LogP contribution >= 0.6 is 0 Å². The summed E-state index contributed by atoms with van der Waals surface area (Å²) in [6.45, 7) is 3.08. The summed E-state index contributed by atoms with van der Waals surface area (Å²) in [5.41, 5.74) is 0. The minimum Gasteiger partial charge on any atom is -0.305 e. The normalized spacial score (nSPS) is 12.1. The highest BCUT2D eigenvalue weighted by Gasteiger charge is 2.23. The summed E-state index contributed by atoms with van der Waals surface area (Å²) in [6.07, 6.45) is 0. The van der Waals surface area contributed by atoms with Gasteiger partial charge in [-0.05, 0) is 25.7 Å². The second-order valence-electron chi connectivity index (χ2n) is 3.97. The van der Waals surface area contributed by atoms with Gasteiger partial charge in [-0.2, -0.15) is 0 Å². The monoisotopic (exact) mass is 296 g/mol. The van der Waals surface area contributed by atoms with Crippen molar-refractivity contribution in [3.63, 3.8) is 0 Å². The molecule has 8 heteroatoms. The highest BCUT2D eigenvalue weighted by Crippen LogP contribution is 2.19. The Morgan fingerprint density at radius 1 is 1.21 bits per heavy atom. The van der Waals surface area contributed by atoms with Crippen LogP contribution in [0, 0.1) is 17.5 Å². The number of hydrogen-bond acceptors (Lipinski definition) is 3. The topological polar surface area (TPSA) is 49.4 Å². The summed E-state index contributed by atoms with van der Waals surface area (Å²) in [7, 11) is -2.41. The average molecular weight is 296 g/mol. The number of rotatable bonds is 6. The molecule has 0 fully saturated rings. The molecule has 1 aromatic rings. The molecule has 1 rings (SSSR count). The number of sulfonamides is 1. The molecule has 0 aliphatic rings. The van der Waals surface area contributed by atoms with E-state index in [4.69, 9.17) is 0 Å². The predicted molar refractivity (Wildman–Crippen MR) is 64.7 cm³/mol. The Morgan fingerprint density at radius 2 is 1.84 bits per heavy atom. The molecule has 0 bridgehead atoms. The van der Waals surface area contributed by atoms with Crippen LogP contribution in [0.5, 0.6) is 0 Å². The third-order valence-electron chi connectivity index (χ3n) is 2.61. The molecule has 0 saturated carbocycles. The number of likely N-dealkylation sites (N-methyl/N-ethyl adjacent to an activating group) is 1. The first-order valence-electron chi connectivity index (χ1n) is 5.61. The summed E-state index contributed by atoms with van der Waals surface area (Å²) in [6, 6.07) is 1.27. The molecule has 0 unspecified atom stereocenters. The zero-order valence-corrected chi connectivity index (χ0v) is 11.4. The van der Waals surface area contributed by atoms with Crippen LogP contribution in [0.25, 0.3) is 0 Å². The van der Waals surface area contributed by atoms with Gasteiger partial charge in [-0.15, -0.1) is 0 Å². The van der Waals surface area contributed by atoms with Gasteiger partial charge in [0.05, 0.1) is 0 Å². The van der Waals surface area contributed by atoms with Crippen molar-refractivity contribution in [2.75, 3.05) is 26.7 Å². The molecule has 0 aromatic heterocycles. The van der Waals surface area contributed by atoms with E-state index < -0.39 is 32.4 Å². The number of hydrogen-bond donors (Lipinski definition) is 1. The number of nitrogens with one attached hydrogen (secondary N) is 1. The molecular formula is C11H15F3N2O2S. The standard InChI is InChI=1S/C11H15F3N2O2S/c1-3-16(2)7-6-15-19(17,18)9-5-4-8(12)10(13)11(9)14/h4-5,15H,3,6-7H2,1-2H3. The second kappa shape index (κ2) is 6.36. The minimum absolute atomic E-state index is 0.0467. The fourth-order valence-electron chi connectivity index (χ4n) is 1.32. The molecule has 4 nitrogen and oxygen atoms in total. The van der Waals surface area contributed by atoms with Gasteiger partial charge < -0.3 is 4.90 Å². The van der Waals surface area contributed by atoms with Crippen LogP contribution in [0.1, 0.15) is 6.92 Å². The Bertz CT molecular complexity index is 549. The van der Waals surface area contributed by atoms with Gasteiger partial charge in [0, 0.05) is 13.1 Å². The maximum absolute atomic E-state index is 13.4. The lowest BCUT2D eigenvalue weighted by atomic mass is 10.3. The number of halogens is 3. The van der Waals surface area contributed by atoms with Gasteiger partial charge in [-0.3, -0.25) is 0 Å². The van der Waals surface area contributed by atoms with Crippen LogP contribution in [0.15, 0.2) is 17.0 Å². The highest BCUT2D eigenvalue weighted by atomic mass is 32.2. The van der Waals surface area contributed by atoms with Crippen molar-refractivity contribution in [3.8, 4) is 0 Å². The van der Waals surface area contributed by atoms with Gasteiger partial charge in [0.2, 0.25) is 10.0 Å². The molecule has 0 amide bonds. The SMILES string of the molecule is CCN(C)CCNS(=O)(=O)c1ccc(F)c(F)c1F. The Hall–Kier alpha value is -1.12. The Kier molecular flexibility index (Phi) is 5.33. The molecule has 0 radical (unpaired) electrons. The number of nitrogens with zero attached hydrogens (tertiary/aromatic N) is 1. The predicted octanol–water partition coefficient (Wildman–Crippen LogP) is 1.33. The Balaban J connectivity index is 2.87. The highest BCUT2D eigenvalue weighted by molar-refractivity contribution is 7.89. The lowest BCUT2D eigenvalue weighted by molar-refractivity contribution is 0.357. The molecule has 19 heavy (non-hydrogen) atoms. The van der Waals surface area contributed by atoms with Gasteiger partial charge in [-0.1, -0.05) is 6.92 Å². The summed E-state index contributed by atoms with van der Waals surface area (Å²) < 4.78 is 64.6. The summed E-state index contributed by atoms with van der Waals surface area (Å²) in [5.74, 6) is -4.94. The molecule has 108 valence electrons. The van der Waals surface area contributed by atoms with Gasteiger partial charge in [0.1, 0.15) is 4.90 Å².